The lowest BCUT2D eigenvalue weighted by atomic mass is 10.1. The van der Waals surface area contributed by atoms with E-state index in [1.54, 1.807) is 6.20 Å². The highest BCUT2D eigenvalue weighted by Gasteiger charge is 2.22. The van der Waals surface area contributed by atoms with E-state index in [1.165, 1.54) is 0 Å². The number of rotatable bonds is 3. The summed E-state index contributed by atoms with van der Waals surface area (Å²) in [7, 11) is 0. The van der Waals surface area contributed by atoms with E-state index in [2.05, 4.69) is 58.4 Å². The first kappa shape index (κ1) is 15.7. The van der Waals surface area contributed by atoms with Gasteiger partial charge in [-0.2, -0.15) is 10.1 Å². The minimum Gasteiger partial charge on any atom is -0.381 e. The molecule has 1 aliphatic rings. The first-order valence-electron chi connectivity index (χ1n) is 7.82. The third-order valence-electron chi connectivity index (χ3n) is 4.20. The fourth-order valence-electron chi connectivity index (χ4n) is 3.03. The number of nitrogens with zero attached hydrogens (tertiary/aromatic N) is 4. The van der Waals surface area contributed by atoms with E-state index in [0.717, 1.165) is 42.5 Å². The van der Waals surface area contributed by atoms with Gasteiger partial charge in [-0.15, -0.1) is 0 Å². The van der Waals surface area contributed by atoms with Gasteiger partial charge in [0.25, 0.3) is 0 Å². The fourth-order valence-corrected chi connectivity index (χ4v) is 3.35. The van der Waals surface area contributed by atoms with E-state index in [0.29, 0.717) is 21.6 Å². The molecule has 1 aliphatic heterocycles. The molecule has 0 aliphatic carbocycles. The van der Waals surface area contributed by atoms with Crippen molar-refractivity contribution in [3.63, 3.8) is 0 Å². The van der Waals surface area contributed by atoms with Crippen LogP contribution in [0.2, 0.25) is 5.15 Å². The van der Waals surface area contributed by atoms with Crippen molar-refractivity contribution in [2.75, 3.05) is 23.3 Å². The number of hydrogen-bond donors (Lipinski definition) is 2. The van der Waals surface area contributed by atoms with Gasteiger partial charge in [0.15, 0.2) is 0 Å². The van der Waals surface area contributed by atoms with Crippen molar-refractivity contribution in [2.45, 2.75) is 18.9 Å². The van der Waals surface area contributed by atoms with Gasteiger partial charge in [0.2, 0.25) is 5.95 Å². The van der Waals surface area contributed by atoms with E-state index >= 15 is 0 Å². The van der Waals surface area contributed by atoms with Crippen LogP contribution >= 0.6 is 27.5 Å². The molecule has 1 unspecified atom stereocenters. The van der Waals surface area contributed by atoms with Gasteiger partial charge in [0.1, 0.15) is 5.15 Å². The molecule has 3 heterocycles. The molecule has 0 amide bonds. The normalized spacial score (nSPS) is 18.1. The maximum absolute atomic E-state index is 6.09. The Morgan fingerprint density at radius 2 is 2.25 bits per heavy atom. The third-order valence-corrected chi connectivity index (χ3v) is 5.30. The molecule has 1 fully saturated rings. The Morgan fingerprint density at radius 1 is 1.33 bits per heavy atom. The average molecular weight is 408 g/mol. The van der Waals surface area contributed by atoms with Crippen molar-refractivity contribution < 1.29 is 0 Å². The molecule has 0 spiro atoms. The van der Waals surface area contributed by atoms with E-state index in [4.69, 9.17) is 11.6 Å². The Morgan fingerprint density at radius 3 is 3.12 bits per heavy atom. The van der Waals surface area contributed by atoms with Crippen LogP contribution in [0.3, 0.4) is 0 Å². The zero-order valence-electron chi connectivity index (χ0n) is 12.8. The molecule has 1 atom stereocenters. The predicted octanol–water partition coefficient (Wildman–Crippen LogP) is 3.85. The fraction of sp³-hybridized carbons (Fsp3) is 0.312. The van der Waals surface area contributed by atoms with Gasteiger partial charge in [-0.3, -0.25) is 5.10 Å². The van der Waals surface area contributed by atoms with Crippen LogP contribution in [-0.4, -0.2) is 39.3 Å². The molecule has 24 heavy (non-hydrogen) atoms. The van der Waals surface area contributed by atoms with E-state index in [9.17, 15) is 0 Å². The van der Waals surface area contributed by atoms with Crippen LogP contribution < -0.4 is 10.2 Å². The zero-order valence-corrected chi connectivity index (χ0v) is 15.2. The van der Waals surface area contributed by atoms with Gasteiger partial charge >= 0.3 is 0 Å². The first-order valence-corrected chi connectivity index (χ1v) is 8.99. The third kappa shape index (κ3) is 3.18. The molecule has 3 aromatic rings. The summed E-state index contributed by atoms with van der Waals surface area (Å²) in [5.41, 5.74) is 2.15. The van der Waals surface area contributed by atoms with Crippen LogP contribution in [0.15, 0.2) is 35.1 Å². The summed E-state index contributed by atoms with van der Waals surface area (Å²) in [5.74, 6) is 0.681. The maximum Gasteiger partial charge on any atom is 0.226 e. The van der Waals surface area contributed by atoms with Gasteiger partial charge in [-0.1, -0.05) is 11.6 Å². The number of H-pyrrole nitrogens is 1. The molecule has 0 saturated carbocycles. The van der Waals surface area contributed by atoms with Crippen LogP contribution in [0.25, 0.3) is 10.9 Å². The van der Waals surface area contributed by atoms with E-state index < -0.39 is 0 Å². The largest absolute Gasteiger partial charge is 0.381 e. The summed E-state index contributed by atoms with van der Waals surface area (Å²) in [6, 6.07) is 6.58. The molecule has 1 saturated heterocycles. The molecule has 124 valence electrons. The Labute approximate surface area is 152 Å². The molecular formula is C16H16BrClN6. The van der Waals surface area contributed by atoms with Crippen molar-refractivity contribution in [2.24, 2.45) is 0 Å². The van der Waals surface area contributed by atoms with Crippen LogP contribution in [0.4, 0.5) is 11.6 Å². The van der Waals surface area contributed by atoms with Crippen LogP contribution in [0.5, 0.6) is 0 Å². The quantitative estimate of drug-likeness (QED) is 0.645. The minimum absolute atomic E-state index is 0.342. The van der Waals surface area contributed by atoms with E-state index in [-0.39, 0.29) is 0 Å². The second kappa shape index (κ2) is 6.57. The topological polar surface area (TPSA) is 69.7 Å². The lowest BCUT2D eigenvalue weighted by Crippen LogP contribution is -2.42. The number of piperidine rings is 1. The number of halogens is 2. The van der Waals surface area contributed by atoms with Gasteiger partial charge in [0, 0.05) is 36.4 Å². The number of hydrogen-bond acceptors (Lipinski definition) is 5. The van der Waals surface area contributed by atoms with Crippen LogP contribution in [0, 0.1) is 0 Å². The summed E-state index contributed by atoms with van der Waals surface area (Å²) in [4.78, 5) is 10.9. The smallest absolute Gasteiger partial charge is 0.226 e. The van der Waals surface area contributed by atoms with Gasteiger partial charge in [-0.05, 0) is 47.0 Å². The van der Waals surface area contributed by atoms with Crippen molar-refractivity contribution >= 4 is 50.1 Å². The Balaban J connectivity index is 1.48. The monoisotopic (exact) mass is 406 g/mol. The summed E-state index contributed by atoms with van der Waals surface area (Å²) in [6.45, 7) is 1.79. The molecule has 4 rings (SSSR count). The van der Waals surface area contributed by atoms with Crippen LogP contribution in [-0.2, 0) is 0 Å². The van der Waals surface area contributed by atoms with Crippen molar-refractivity contribution in [3.8, 4) is 0 Å². The number of benzene rings is 1. The van der Waals surface area contributed by atoms with Crippen LogP contribution in [0.1, 0.15) is 12.8 Å². The minimum atomic E-state index is 0.342. The Hall–Kier alpha value is -1.86. The Bertz CT molecular complexity index is 867. The highest BCUT2D eigenvalue weighted by molar-refractivity contribution is 9.10. The van der Waals surface area contributed by atoms with Gasteiger partial charge in [-0.25, -0.2) is 4.98 Å². The zero-order chi connectivity index (χ0) is 16.5. The van der Waals surface area contributed by atoms with E-state index in [1.807, 2.05) is 12.3 Å². The number of fused-ring (bicyclic) bond motifs is 1. The number of aromatic nitrogens is 4. The standard InChI is InChI=1S/C16H16BrClN6/c17-13-8-19-16(22-15(13)18)24-5-1-2-12(9-24)21-11-3-4-14-10(6-11)7-20-23-14/h3-4,6-8,12,21H,1-2,5,9H2,(H,20,23). The number of nitrogens with one attached hydrogen (secondary N) is 2. The molecule has 0 bridgehead atoms. The molecule has 8 heteroatoms. The molecular weight excluding hydrogens is 392 g/mol. The SMILES string of the molecule is Clc1nc(N2CCCC(Nc3ccc4[nH]ncc4c3)C2)ncc1Br. The first-order chi connectivity index (χ1) is 11.7. The summed E-state index contributed by atoms with van der Waals surface area (Å²) in [6.07, 6.45) is 5.74. The highest BCUT2D eigenvalue weighted by Crippen LogP contribution is 2.25. The highest BCUT2D eigenvalue weighted by atomic mass is 79.9. The molecule has 0 radical (unpaired) electrons. The molecule has 6 nitrogen and oxygen atoms in total. The second-order valence-corrected chi connectivity index (χ2v) is 7.12. The Kier molecular flexibility index (Phi) is 4.28. The lowest BCUT2D eigenvalue weighted by Gasteiger charge is -2.33. The van der Waals surface area contributed by atoms with Crippen molar-refractivity contribution in [1.82, 2.24) is 20.2 Å². The number of aromatic amines is 1. The van der Waals surface area contributed by atoms with Gasteiger partial charge < -0.3 is 10.2 Å². The summed E-state index contributed by atoms with van der Waals surface area (Å²) >= 11 is 9.43. The predicted molar refractivity (Wildman–Crippen MR) is 99.7 cm³/mol. The maximum atomic E-state index is 6.09. The lowest BCUT2D eigenvalue weighted by molar-refractivity contribution is 0.523. The summed E-state index contributed by atoms with van der Waals surface area (Å²) < 4.78 is 0.716. The molecule has 1 aromatic carbocycles. The number of anilines is 2. The van der Waals surface area contributed by atoms with Crippen molar-refractivity contribution in [1.29, 1.82) is 0 Å². The molecule has 2 N–H and O–H groups in total. The second-order valence-electron chi connectivity index (χ2n) is 5.91. The van der Waals surface area contributed by atoms with Gasteiger partial charge in [0.05, 0.1) is 16.2 Å². The van der Waals surface area contributed by atoms with Crippen molar-refractivity contribution in [3.05, 3.63) is 40.2 Å². The average Bonchev–Trinajstić information content (AvgIpc) is 3.05. The summed E-state index contributed by atoms with van der Waals surface area (Å²) in [5, 5.41) is 12.2. The molecule has 2 aromatic heterocycles.